The molecule has 1 aromatic rings. The van der Waals surface area contributed by atoms with Crippen molar-refractivity contribution >= 4 is 71.9 Å². The third kappa shape index (κ3) is 17.2. The normalized spacial score (nSPS) is 31.8. The molecular formula is C42H81I3N12. The lowest BCUT2D eigenvalue weighted by Crippen LogP contribution is -2.41. The zero-order valence-electron chi connectivity index (χ0n) is 36.2. The van der Waals surface area contributed by atoms with Crippen molar-refractivity contribution in [3.05, 3.63) is 34.9 Å². The molecule has 0 aliphatic carbocycles. The molecule has 330 valence electrons. The van der Waals surface area contributed by atoms with Gasteiger partial charge in [-0.25, -0.2) is 0 Å². The highest BCUT2D eigenvalue weighted by Crippen LogP contribution is 2.19. The van der Waals surface area contributed by atoms with Gasteiger partial charge < -0.3 is 14.7 Å². The molecular weight excluding hydrogens is 1050 g/mol. The second-order valence-electron chi connectivity index (χ2n) is 17.9. The van der Waals surface area contributed by atoms with Gasteiger partial charge >= 0.3 is 0 Å². The monoisotopic (exact) mass is 1130 g/mol. The summed E-state index contributed by atoms with van der Waals surface area (Å²) in [5.74, 6) is 0. The van der Waals surface area contributed by atoms with Crippen LogP contribution in [0.2, 0.25) is 0 Å². The molecule has 6 saturated heterocycles. The summed E-state index contributed by atoms with van der Waals surface area (Å²) >= 11 is 0. The summed E-state index contributed by atoms with van der Waals surface area (Å²) in [5, 5.41) is 0. The Balaban J connectivity index is 0.00000240. The van der Waals surface area contributed by atoms with Crippen LogP contribution in [0.4, 0.5) is 0 Å². The Labute approximate surface area is 399 Å². The third-order valence-electron chi connectivity index (χ3n) is 13.7. The smallest absolute Gasteiger partial charge is 0.0235 e. The van der Waals surface area contributed by atoms with Crippen LogP contribution in [0.5, 0.6) is 0 Å². The number of nitrogens with zero attached hydrogens (tertiary/aromatic N) is 12. The van der Waals surface area contributed by atoms with Gasteiger partial charge in [0, 0.05) is 216 Å². The number of fused-ring (bicyclic) bond motifs is 9. The first-order valence-electron chi connectivity index (χ1n) is 22.1. The van der Waals surface area contributed by atoms with E-state index < -0.39 is 0 Å². The van der Waals surface area contributed by atoms with E-state index in [-0.39, 0.29) is 71.9 Å². The predicted molar refractivity (Wildman–Crippen MR) is 270 cm³/mol. The number of rotatable bonds is 6. The molecule has 0 spiro atoms. The van der Waals surface area contributed by atoms with Crippen LogP contribution in [0.1, 0.15) is 16.7 Å². The lowest BCUT2D eigenvalue weighted by Gasteiger charge is -2.30. The molecule has 6 heterocycles. The Morgan fingerprint density at radius 2 is 0.421 bits per heavy atom. The van der Waals surface area contributed by atoms with E-state index in [1.807, 2.05) is 0 Å². The molecule has 0 amide bonds. The van der Waals surface area contributed by atoms with Gasteiger partial charge in [-0.2, -0.15) is 0 Å². The fourth-order valence-corrected chi connectivity index (χ4v) is 9.46. The summed E-state index contributed by atoms with van der Waals surface area (Å²) < 4.78 is 0. The van der Waals surface area contributed by atoms with Crippen LogP contribution < -0.4 is 0 Å². The van der Waals surface area contributed by atoms with E-state index in [1.165, 1.54) is 174 Å². The maximum absolute atomic E-state index is 2.79. The molecule has 6 atom stereocenters. The molecule has 6 aliphatic rings. The number of hydrogen-bond donors (Lipinski definition) is 0. The van der Waals surface area contributed by atoms with Gasteiger partial charge in [-0.15, -0.1) is 71.9 Å². The number of hydrogen-bond acceptors (Lipinski definition) is 12. The minimum Gasteiger partial charge on any atom is -0.304 e. The topological polar surface area (TPSA) is 38.9 Å². The first-order chi connectivity index (χ1) is 26.4. The zero-order valence-corrected chi connectivity index (χ0v) is 43.1. The highest BCUT2D eigenvalue weighted by atomic mass is 127. The quantitative estimate of drug-likeness (QED) is 0.390. The van der Waals surface area contributed by atoms with Crippen LogP contribution in [0.15, 0.2) is 18.2 Å². The van der Waals surface area contributed by atoms with Gasteiger partial charge in [0.1, 0.15) is 0 Å². The molecule has 0 N–H and O–H groups in total. The van der Waals surface area contributed by atoms with Crippen molar-refractivity contribution in [1.29, 1.82) is 0 Å². The average Bonchev–Trinajstić information content (AvgIpc) is 3.49. The van der Waals surface area contributed by atoms with Gasteiger partial charge in [0.25, 0.3) is 0 Å². The van der Waals surface area contributed by atoms with Crippen molar-refractivity contribution in [3.63, 3.8) is 0 Å². The molecule has 15 heteroatoms. The molecule has 1 aromatic carbocycles. The summed E-state index contributed by atoms with van der Waals surface area (Å²) in [4.78, 5) is 32.4. The van der Waals surface area contributed by atoms with Crippen LogP contribution >= 0.6 is 71.9 Å². The highest BCUT2D eigenvalue weighted by molar-refractivity contribution is 14.0. The molecule has 0 aromatic heterocycles. The molecule has 6 aliphatic heterocycles. The first-order valence-corrected chi connectivity index (χ1v) is 22.1. The largest absolute Gasteiger partial charge is 0.304 e. The molecule has 12 nitrogen and oxygen atoms in total. The van der Waals surface area contributed by atoms with Crippen molar-refractivity contribution in [2.75, 3.05) is 217 Å². The standard InChI is InChI=1S/C42H78N12.3HI/c1-43-4-10-46-16-17-47(11-5-43)23-29-52(28-22-46)37-40-34-41(38-53-30-24-48-12-6-44(2)7-13-49(19-18-48)25-31-53)36-42(35-40)39-54-32-26-50-14-8-45(3)9-15-51(21-20-50)27-33-54;;;/h34-36H,4-33,37-39H2,1-3H3;3*1H. The Kier molecular flexibility index (Phi) is 23.5. The van der Waals surface area contributed by atoms with E-state index in [4.69, 9.17) is 0 Å². The lowest BCUT2D eigenvalue weighted by molar-refractivity contribution is 0.180. The van der Waals surface area contributed by atoms with Gasteiger partial charge in [-0.05, 0) is 37.8 Å². The summed E-state index contributed by atoms with van der Waals surface area (Å²) in [7, 11) is 6.91. The van der Waals surface area contributed by atoms with Crippen LogP contribution in [-0.4, -0.2) is 276 Å². The van der Waals surface area contributed by atoms with E-state index >= 15 is 0 Å². The molecule has 7 rings (SSSR count). The van der Waals surface area contributed by atoms with Gasteiger partial charge in [0.15, 0.2) is 0 Å². The van der Waals surface area contributed by atoms with Crippen LogP contribution in [0, 0.1) is 0 Å². The second kappa shape index (κ2) is 26.5. The molecule has 57 heavy (non-hydrogen) atoms. The fourth-order valence-electron chi connectivity index (χ4n) is 9.46. The van der Waals surface area contributed by atoms with Gasteiger partial charge in [-0.3, -0.25) is 44.1 Å². The highest BCUT2D eigenvalue weighted by Gasteiger charge is 2.23. The summed E-state index contributed by atoms with van der Waals surface area (Å²) in [6.45, 7) is 38.8. The van der Waals surface area contributed by atoms with E-state index in [0.717, 1.165) is 58.9 Å². The molecule has 0 saturated carbocycles. The minimum absolute atomic E-state index is 0. The second-order valence-corrected chi connectivity index (χ2v) is 17.9. The van der Waals surface area contributed by atoms with E-state index in [1.54, 1.807) is 0 Å². The molecule has 0 radical (unpaired) electrons. The Morgan fingerprint density at radius 3 is 0.614 bits per heavy atom. The first kappa shape index (κ1) is 50.6. The van der Waals surface area contributed by atoms with Crippen LogP contribution in [-0.2, 0) is 19.6 Å². The van der Waals surface area contributed by atoms with Crippen LogP contribution in [0.3, 0.4) is 0 Å². The maximum Gasteiger partial charge on any atom is 0.0235 e. The average molecular weight is 1130 g/mol. The SMILES string of the molecule is CN1CCN2CCN(CC1)CCN(Cc1cc(CN3CCN4CCN(C)CCN(CC4)CC3)cc(CN3CCN4CCN(C)CCN(CC4)CC3)c1)CC2.I.I.I. The predicted octanol–water partition coefficient (Wildman–Crippen LogP) is 1.64. The van der Waals surface area contributed by atoms with Gasteiger partial charge in [-0.1, -0.05) is 18.2 Å². The molecule has 6 unspecified atom stereocenters. The Hall–Kier alpha value is 0.930. The van der Waals surface area contributed by atoms with Crippen molar-refractivity contribution in [3.8, 4) is 0 Å². The summed E-state index contributed by atoms with van der Waals surface area (Å²) in [6.07, 6.45) is 0. The summed E-state index contributed by atoms with van der Waals surface area (Å²) in [6, 6.07) is 7.82. The number of likely N-dealkylation sites (N-methyl/N-ethyl adjacent to an activating group) is 3. The van der Waals surface area contributed by atoms with Gasteiger partial charge in [0.05, 0.1) is 0 Å². The molecule has 6 fully saturated rings. The maximum atomic E-state index is 2.79. The Bertz CT molecular complexity index is 1050. The zero-order chi connectivity index (χ0) is 37.1. The van der Waals surface area contributed by atoms with Crippen molar-refractivity contribution in [2.45, 2.75) is 19.6 Å². The number of halogens is 3. The Morgan fingerprint density at radius 1 is 0.263 bits per heavy atom. The molecule has 6 bridgehead atoms. The van der Waals surface area contributed by atoms with E-state index in [9.17, 15) is 0 Å². The lowest BCUT2D eigenvalue weighted by atomic mass is 10.0. The summed E-state index contributed by atoms with van der Waals surface area (Å²) in [5.41, 5.74) is 4.59. The van der Waals surface area contributed by atoms with Crippen molar-refractivity contribution < 1.29 is 0 Å². The van der Waals surface area contributed by atoms with Gasteiger partial charge in [0.2, 0.25) is 0 Å². The van der Waals surface area contributed by atoms with E-state index in [0.29, 0.717) is 0 Å². The van der Waals surface area contributed by atoms with Crippen molar-refractivity contribution in [1.82, 2.24) is 58.8 Å². The van der Waals surface area contributed by atoms with Crippen molar-refractivity contribution in [2.24, 2.45) is 0 Å². The number of benzene rings is 1. The van der Waals surface area contributed by atoms with E-state index in [2.05, 4.69) is 98.1 Å². The minimum atomic E-state index is 0. The third-order valence-corrected chi connectivity index (χ3v) is 13.7. The van der Waals surface area contributed by atoms with Crippen LogP contribution in [0.25, 0.3) is 0 Å². The fraction of sp³-hybridized carbons (Fsp3) is 0.857.